The molecule has 0 aliphatic heterocycles. The molecule has 2 rings (SSSR count). The van der Waals surface area contributed by atoms with E-state index in [0.29, 0.717) is 12.8 Å². The van der Waals surface area contributed by atoms with Crippen molar-refractivity contribution in [2.45, 2.75) is 64.5 Å². The van der Waals surface area contributed by atoms with E-state index in [9.17, 15) is 31.9 Å². The van der Waals surface area contributed by atoms with E-state index < -0.39 is 71.3 Å². The highest BCUT2D eigenvalue weighted by Crippen LogP contribution is 2.27. The summed E-state index contributed by atoms with van der Waals surface area (Å²) < 4.78 is 63.9. The third kappa shape index (κ3) is 6.93. The highest BCUT2D eigenvalue weighted by Gasteiger charge is 2.31. The lowest BCUT2D eigenvalue weighted by Crippen LogP contribution is -2.46. The third-order valence-corrected chi connectivity index (χ3v) is 4.65. The van der Waals surface area contributed by atoms with E-state index >= 15 is 0 Å². The number of ketones is 1. The number of benzene rings is 1. The molecule has 6 nitrogen and oxygen atoms in total. The number of halogens is 4. The monoisotopic (exact) mass is 447 g/mol. The van der Waals surface area contributed by atoms with Gasteiger partial charge in [-0.15, -0.1) is 0 Å². The van der Waals surface area contributed by atoms with E-state index in [-0.39, 0.29) is 12.0 Å². The molecule has 0 unspecified atom stereocenters. The lowest BCUT2D eigenvalue weighted by Gasteiger charge is -2.23. The van der Waals surface area contributed by atoms with Crippen molar-refractivity contribution >= 4 is 17.7 Å². The number of amides is 1. The molecule has 1 amide bonds. The first-order valence-electron chi connectivity index (χ1n) is 9.89. The van der Waals surface area contributed by atoms with Gasteiger partial charge in [-0.1, -0.05) is 12.8 Å². The number of hydrogen-bond acceptors (Lipinski definition) is 5. The van der Waals surface area contributed by atoms with E-state index in [1.807, 2.05) is 0 Å². The number of esters is 1. The van der Waals surface area contributed by atoms with Gasteiger partial charge in [0.25, 0.3) is 0 Å². The van der Waals surface area contributed by atoms with Gasteiger partial charge in [0, 0.05) is 12.0 Å². The average Bonchev–Trinajstić information content (AvgIpc) is 3.19. The second kappa shape index (κ2) is 10.1. The minimum atomic E-state index is -1.80. The number of nitrogens with one attached hydrogen (secondary N) is 1. The van der Waals surface area contributed by atoms with Crippen LogP contribution in [0.15, 0.2) is 6.07 Å². The van der Waals surface area contributed by atoms with Crippen molar-refractivity contribution in [3.8, 4) is 5.75 Å². The number of hydrogen-bond donors (Lipinski definition) is 1. The quantitative estimate of drug-likeness (QED) is 0.374. The van der Waals surface area contributed by atoms with Crippen LogP contribution in [0.1, 0.15) is 52.9 Å². The van der Waals surface area contributed by atoms with E-state index in [1.165, 1.54) is 0 Å². The fraction of sp³-hybridized carbons (Fsp3) is 0.571. The van der Waals surface area contributed by atoms with Crippen LogP contribution >= 0.6 is 0 Å². The molecule has 1 aliphatic carbocycles. The summed E-state index contributed by atoms with van der Waals surface area (Å²) in [7, 11) is 0. The zero-order valence-corrected chi connectivity index (χ0v) is 17.5. The smallest absolute Gasteiger partial charge is 0.308 e. The van der Waals surface area contributed by atoms with Crippen LogP contribution in [-0.2, 0) is 19.1 Å². The third-order valence-electron chi connectivity index (χ3n) is 4.65. The molecule has 0 bridgehead atoms. The summed E-state index contributed by atoms with van der Waals surface area (Å²) in [6.45, 7) is 3.82. The molecule has 1 aliphatic rings. The van der Waals surface area contributed by atoms with Crippen LogP contribution in [0.5, 0.6) is 5.75 Å². The van der Waals surface area contributed by atoms with Crippen molar-refractivity contribution in [3.05, 3.63) is 29.3 Å². The fourth-order valence-electron chi connectivity index (χ4n) is 3.19. The lowest BCUT2D eigenvalue weighted by atomic mass is 10.0. The minimum absolute atomic E-state index is 0.00643. The van der Waals surface area contributed by atoms with Crippen molar-refractivity contribution in [2.75, 3.05) is 6.61 Å². The van der Waals surface area contributed by atoms with Gasteiger partial charge in [0.05, 0.1) is 6.42 Å². The number of Topliss-reactive ketones (excluding diaryl/α,β-unsaturated/α-hetero) is 1. The Kier molecular flexibility index (Phi) is 8.02. The number of ether oxygens (including phenoxy) is 2. The van der Waals surface area contributed by atoms with Gasteiger partial charge in [0.15, 0.2) is 23.2 Å². The van der Waals surface area contributed by atoms with Gasteiger partial charge in [-0.25, -0.2) is 8.78 Å². The Morgan fingerprint density at radius 2 is 1.61 bits per heavy atom. The summed E-state index contributed by atoms with van der Waals surface area (Å²) in [6, 6.07) is -1.39. The maximum Gasteiger partial charge on any atom is 0.308 e. The Morgan fingerprint density at radius 1 is 1.06 bits per heavy atom. The summed E-state index contributed by atoms with van der Waals surface area (Å²) in [4.78, 5) is 37.2. The summed E-state index contributed by atoms with van der Waals surface area (Å²) >= 11 is 0. The first-order valence-corrected chi connectivity index (χ1v) is 9.89. The van der Waals surface area contributed by atoms with Crippen molar-refractivity contribution < 1.29 is 41.4 Å². The SMILES string of the molecule is CC(C)(C)OC(=O)C[C@H](NC(=O)C1CCCC1)C(=O)COc1c(F)c(F)cc(F)c1F. The standard InChI is InChI=1S/C21H25F4NO5/c1-21(2,3)31-16(28)9-14(26-20(29)11-6-4-5-7-11)15(27)10-30-19-17(24)12(22)8-13(23)18(19)25/h8,11,14H,4-7,9-10H2,1-3H3,(H,26,29)/t14-/m0/s1. The van der Waals surface area contributed by atoms with Crippen LogP contribution in [0.2, 0.25) is 0 Å². The molecule has 172 valence electrons. The first kappa shape index (κ1) is 24.6. The molecule has 0 saturated heterocycles. The van der Waals surface area contributed by atoms with Crippen molar-refractivity contribution in [1.29, 1.82) is 0 Å². The Balaban J connectivity index is 2.13. The van der Waals surface area contributed by atoms with E-state index in [1.54, 1.807) is 20.8 Å². The molecule has 0 radical (unpaired) electrons. The summed E-state index contributed by atoms with van der Waals surface area (Å²) in [5.41, 5.74) is -0.845. The molecule has 1 saturated carbocycles. The van der Waals surface area contributed by atoms with Gasteiger partial charge in [-0.05, 0) is 33.6 Å². The Hall–Kier alpha value is -2.65. The van der Waals surface area contributed by atoms with Gasteiger partial charge in [0.1, 0.15) is 18.2 Å². The molecule has 0 heterocycles. The second-order valence-corrected chi connectivity index (χ2v) is 8.39. The zero-order valence-electron chi connectivity index (χ0n) is 17.5. The highest BCUT2D eigenvalue weighted by molar-refractivity contribution is 5.93. The van der Waals surface area contributed by atoms with Gasteiger partial charge in [-0.2, -0.15) is 8.78 Å². The normalized spacial score (nSPS) is 15.5. The van der Waals surface area contributed by atoms with Crippen molar-refractivity contribution in [1.82, 2.24) is 5.32 Å². The van der Waals surface area contributed by atoms with Crippen LogP contribution < -0.4 is 10.1 Å². The molecule has 1 aromatic rings. The van der Waals surface area contributed by atoms with Gasteiger partial charge in [0.2, 0.25) is 17.5 Å². The summed E-state index contributed by atoms with van der Waals surface area (Å²) in [6.07, 6.45) is 2.44. The Bertz CT molecular complexity index is 821. The predicted octanol–water partition coefficient (Wildman–Crippen LogP) is 3.60. The van der Waals surface area contributed by atoms with Crippen LogP contribution in [0.25, 0.3) is 0 Å². The van der Waals surface area contributed by atoms with Crippen LogP contribution in [0.4, 0.5) is 17.6 Å². The van der Waals surface area contributed by atoms with Gasteiger partial charge in [-0.3, -0.25) is 14.4 Å². The Labute approximate surface area is 177 Å². The largest absolute Gasteiger partial charge is 0.479 e. The zero-order chi connectivity index (χ0) is 23.3. The lowest BCUT2D eigenvalue weighted by molar-refractivity contribution is -0.156. The molecule has 31 heavy (non-hydrogen) atoms. The maximum atomic E-state index is 13.7. The van der Waals surface area contributed by atoms with E-state index in [4.69, 9.17) is 4.74 Å². The number of carbonyl (C=O) groups excluding carboxylic acids is 3. The van der Waals surface area contributed by atoms with Crippen LogP contribution in [0.3, 0.4) is 0 Å². The molecular weight excluding hydrogens is 422 g/mol. The molecule has 0 spiro atoms. The van der Waals surface area contributed by atoms with E-state index in [2.05, 4.69) is 10.1 Å². The molecule has 1 aromatic carbocycles. The molecular formula is C21H25F4NO5. The van der Waals surface area contributed by atoms with Crippen LogP contribution in [0, 0.1) is 29.2 Å². The highest BCUT2D eigenvalue weighted by atomic mass is 19.2. The van der Waals surface area contributed by atoms with Crippen molar-refractivity contribution in [2.24, 2.45) is 5.92 Å². The average molecular weight is 447 g/mol. The number of carbonyl (C=O) groups is 3. The summed E-state index contributed by atoms with van der Waals surface area (Å²) in [5, 5.41) is 2.46. The van der Waals surface area contributed by atoms with Gasteiger partial charge < -0.3 is 14.8 Å². The molecule has 0 aromatic heterocycles. The Morgan fingerprint density at radius 3 is 2.13 bits per heavy atom. The molecule has 1 fully saturated rings. The fourth-order valence-corrected chi connectivity index (χ4v) is 3.19. The minimum Gasteiger partial charge on any atom is -0.479 e. The van der Waals surface area contributed by atoms with Crippen molar-refractivity contribution in [3.63, 3.8) is 0 Å². The van der Waals surface area contributed by atoms with E-state index in [0.717, 1.165) is 12.8 Å². The second-order valence-electron chi connectivity index (χ2n) is 8.39. The topological polar surface area (TPSA) is 81.7 Å². The predicted molar refractivity (Wildman–Crippen MR) is 101 cm³/mol. The van der Waals surface area contributed by atoms with Crippen LogP contribution in [-0.4, -0.2) is 35.9 Å². The molecule has 10 heteroatoms. The first-order chi connectivity index (χ1) is 14.4. The summed E-state index contributed by atoms with van der Waals surface area (Å²) in [5.74, 6) is -10.8. The van der Waals surface area contributed by atoms with Gasteiger partial charge >= 0.3 is 5.97 Å². The maximum absolute atomic E-state index is 13.7. The molecule has 1 atom stereocenters. The molecule has 1 N–H and O–H groups in total. The number of rotatable bonds is 8.